The maximum atomic E-state index is 12.2. The van der Waals surface area contributed by atoms with Crippen LogP contribution in [0.1, 0.15) is 10.4 Å². The molecule has 3 heterocycles. The van der Waals surface area contributed by atoms with E-state index in [1.807, 2.05) is 30.3 Å². The third kappa shape index (κ3) is 3.96. The van der Waals surface area contributed by atoms with E-state index in [9.17, 15) is 4.79 Å². The first-order valence-corrected chi connectivity index (χ1v) is 9.18. The lowest BCUT2D eigenvalue weighted by Gasteiger charge is -2.06. The molecule has 0 spiro atoms. The Labute approximate surface area is 167 Å². The van der Waals surface area contributed by atoms with Crippen LogP contribution in [0.5, 0.6) is 0 Å². The van der Waals surface area contributed by atoms with E-state index in [0.717, 1.165) is 4.47 Å². The molecule has 0 unspecified atom stereocenters. The maximum absolute atomic E-state index is 12.2. The molecule has 4 aromatic rings. The highest BCUT2D eigenvalue weighted by Crippen LogP contribution is 2.18. The third-order valence-corrected chi connectivity index (χ3v) is 4.51. The number of hydrogen-bond donors (Lipinski definition) is 1. The Morgan fingerprint density at radius 1 is 1.14 bits per heavy atom. The molecular formula is C18H14BrN7O2. The van der Waals surface area contributed by atoms with Gasteiger partial charge in [-0.25, -0.2) is 4.68 Å². The number of carbonyl (C=O) groups is 1. The standard InChI is InChI=1S/C18H14BrN7O2/c19-13-6-2-1-5-12(13)17(27)21-9-10-26-11-15(23-25-26)18-22-16(24-28-18)14-7-3-4-8-20-14/h1-8,11H,9-10H2,(H,21,27). The van der Waals surface area contributed by atoms with E-state index in [0.29, 0.717) is 35.9 Å². The van der Waals surface area contributed by atoms with E-state index >= 15 is 0 Å². The summed E-state index contributed by atoms with van der Waals surface area (Å²) in [7, 11) is 0. The quantitative estimate of drug-likeness (QED) is 0.491. The van der Waals surface area contributed by atoms with Crippen LogP contribution in [0.25, 0.3) is 23.1 Å². The molecule has 0 radical (unpaired) electrons. The lowest BCUT2D eigenvalue weighted by Crippen LogP contribution is -2.27. The summed E-state index contributed by atoms with van der Waals surface area (Å²) in [6.45, 7) is 0.844. The normalized spacial score (nSPS) is 10.8. The van der Waals surface area contributed by atoms with Crippen LogP contribution in [0.2, 0.25) is 0 Å². The van der Waals surface area contributed by atoms with Gasteiger partial charge in [-0.3, -0.25) is 9.78 Å². The van der Waals surface area contributed by atoms with Gasteiger partial charge < -0.3 is 9.84 Å². The number of nitrogens with zero attached hydrogens (tertiary/aromatic N) is 6. The highest BCUT2D eigenvalue weighted by atomic mass is 79.9. The second-order valence-electron chi connectivity index (χ2n) is 5.74. The molecule has 1 aromatic carbocycles. The average Bonchev–Trinajstić information content (AvgIpc) is 3.38. The second-order valence-corrected chi connectivity index (χ2v) is 6.60. The molecular weight excluding hydrogens is 426 g/mol. The molecule has 0 aliphatic carbocycles. The Morgan fingerprint density at radius 3 is 2.82 bits per heavy atom. The van der Waals surface area contributed by atoms with E-state index in [2.05, 4.69) is 46.7 Å². The second kappa shape index (κ2) is 8.09. The van der Waals surface area contributed by atoms with Gasteiger partial charge in [-0.1, -0.05) is 28.6 Å². The third-order valence-electron chi connectivity index (χ3n) is 3.82. The summed E-state index contributed by atoms with van der Waals surface area (Å²) >= 11 is 3.37. The van der Waals surface area contributed by atoms with Crippen LogP contribution < -0.4 is 5.32 Å². The van der Waals surface area contributed by atoms with Crippen LogP contribution in [0.15, 0.2) is 63.9 Å². The number of aromatic nitrogens is 6. The van der Waals surface area contributed by atoms with Crippen LogP contribution >= 0.6 is 15.9 Å². The number of pyridine rings is 1. The fraction of sp³-hybridized carbons (Fsp3) is 0.111. The number of carbonyl (C=O) groups excluding carboxylic acids is 1. The molecule has 0 aliphatic heterocycles. The van der Waals surface area contributed by atoms with Crippen molar-refractivity contribution < 1.29 is 9.32 Å². The molecule has 1 amide bonds. The lowest BCUT2D eigenvalue weighted by molar-refractivity contribution is 0.0951. The van der Waals surface area contributed by atoms with Gasteiger partial charge in [-0.2, -0.15) is 4.98 Å². The van der Waals surface area contributed by atoms with E-state index in [1.54, 1.807) is 29.2 Å². The molecule has 3 aromatic heterocycles. The number of halogens is 1. The summed E-state index contributed by atoms with van der Waals surface area (Å²) in [6, 6.07) is 12.7. The monoisotopic (exact) mass is 439 g/mol. The summed E-state index contributed by atoms with van der Waals surface area (Å²) < 4.78 is 7.58. The van der Waals surface area contributed by atoms with Gasteiger partial charge >= 0.3 is 0 Å². The van der Waals surface area contributed by atoms with Crippen LogP contribution in [0, 0.1) is 0 Å². The van der Waals surface area contributed by atoms with Gasteiger partial charge in [0.15, 0.2) is 5.69 Å². The highest BCUT2D eigenvalue weighted by Gasteiger charge is 2.15. The SMILES string of the molecule is O=C(NCCn1cc(-c2nc(-c3ccccn3)no2)nn1)c1ccccc1Br. The molecule has 0 bridgehead atoms. The first-order chi connectivity index (χ1) is 13.7. The van der Waals surface area contributed by atoms with Crippen LogP contribution in [0.4, 0.5) is 0 Å². The molecule has 0 saturated carbocycles. The van der Waals surface area contributed by atoms with E-state index < -0.39 is 0 Å². The van der Waals surface area contributed by atoms with Gasteiger partial charge in [0, 0.05) is 17.2 Å². The van der Waals surface area contributed by atoms with Crippen molar-refractivity contribution >= 4 is 21.8 Å². The fourth-order valence-electron chi connectivity index (χ4n) is 2.46. The molecule has 10 heteroatoms. The van der Waals surface area contributed by atoms with Crippen molar-refractivity contribution in [3.05, 3.63) is 64.9 Å². The molecule has 4 rings (SSSR count). The predicted molar refractivity (Wildman–Crippen MR) is 103 cm³/mol. The van der Waals surface area contributed by atoms with Gasteiger partial charge in [0.2, 0.25) is 5.82 Å². The lowest BCUT2D eigenvalue weighted by atomic mass is 10.2. The number of benzene rings is 1. The highest BCUT2D eigenvalue weighted by molar-refractivity contribution is 9.10. The minimum Gasteiger partial charge on any atom is -0.350 e. The number of nitrogens with one attached hydrogen (secondary N) is 1. The minimum atomic E-state index is -0.162. The smallest absolute Gasteiger partial charge is 0.280 e. The van der Waals surface area contributed by atoms with Gasteiger partial charge in [0.25, 0.3) is 11.8 Å². The number of amides is 1. The van der Waals surface area contributed by atoms with Gasteiger partial charge in [0.05, 0.1) is 18.3 Å². The topological polar surface area (TPSA) is 112 Å². The molecule has 140 valence electrons. The zero-order valence-corrected chi connectivity index (χ0v) is 16.1. The van der Waals surface area contributed by atoms with Gasteiger partial charge in [0.1, 0.15) is 5.69 Å². The Balaban J connectivity index is 1.37. The maximum Gasteiger partial charge on any atom is 0.280 e. The summed E-state index contributed by atoms with van der Waals surface area (Å²) in [5.41, 5.74) is 1.64. The van der Waals surface area contributed by atoms with E-state index in [-0.39, 0.29) is 11.8 Å². The summed E-state index contributed by atoms with van der Waals surface area (Å²) in [6.07, 6.45) is 3.34. The minimum absolute atomic E-state index is 0.162. The van der Waals surface area contributed by atoms with Crippen molar-refractivity contribution in [2.45, 2.75) is 6.54 Å². The molecule has 0 saturated heterocycles. The zero-order chi connectivity index (χ0) is 19.3. The summed E-state index contributed by atoms with van der Waals surface area (Å²) in [5, 5.41) is 14.8. The predicted octanol–water partition coefficient (Wildman–Crippen LogP) is 2.58. The molecule has 0 atom stereocenters. The van der Waals surface area contributed by atoms with Crippen molar-refractivity contribution in [2.75, 3.05) is 6.54 Å². The average molecular weight is 440 g/mol. The van der Waals surface area contributed by atoms with E-state index in [1.165, 1.54) is 0 Å². The van der Waals surface area contributed by atoms with Crippen LogP contribution in [-0.2, 0) is 6.54 Å². The number of rotatable bonds is 6. The first kappa shape index (κ1) is 18.0. The molecule has 28 heavy (non-hydrogen) atoms. The van der Waals surface area contributed by atoms with Gasteiger partial charge in [-0.15, -0.1) is 5.10 Å². The Morgan fingerprint density at radius 2 is 2.00 bits per heavy atom. The Kier molecular flexibility index (Phi) is 5.20. The fourth-order valence-corrected chi connectivity index (χ4v) is 2.92. The van der Waals surface area contributed by atoms with Crippen molar-refractivity contribution in [3.8, 4) is 23.1 Å². The van der Waals surface area contributed by atoms with Crippen molar-refractivity contribution in [3.63, 3.8) is 0 Å². The Hall–Kier alpha value is -3.40. The largest absolute Gasteiger partial charge is 0.350 e. The van der Waals surface area contributed by atoms with Gasteiger partial charge in [-0.05, 0) is 40.2 Å². The molecule has 0 aliphatic rings. The van der Waals surface area contributed by atoms with E-state index in [4.69, 9.17) is 4.52 Å². The van der Waals surface area contributed by atoms with Crippen molar-refractivity contribution in [2.24, 2.45) is 0 Å². The first-order valence-electron chi connectivity index (χ1n) is 8.39. The molecule has 9 nitrogen and oxygen atoms in total. The number of hydrogen-bond acceptors (Lipinski definition) is 7. The van der Waals surface area contributed by atoms with Crippen LogP contribution in [0.3, 0.4) is 0 Å². The molecule has 0 fully saturated rings. The summed E-state index contributed by atoms with van der Waals surface area (Å²) in [5.74, 6) is 0.472. The summed E-state index contributed by atoms with van der Waals surface area (Å²) in [4.78, 5) is 20.7. The Bertz CT molecular complexity index is 1090. The van der Waals surface area contributed by atoms with Crippen LogP contribution in [-0.4, -0.2) is 42.6 Å². The molecule has 1 N–H and O–H groups in total. The zero-order valence-electron chi connectivity index (χ0n) is 14.5. The van der Waals surface area contributed by atoms with Crippen molar-refractivity contribution in [1.29, 1.82) is 0 Å². The van der Waals surface area contributed by atoms with Crippen molar-refractivity contribution in [1.82, 2.24) is 35.4 Å².